The second-order valence-electron chi connectivity index (χ2n) is 4.26. The average Bonchev–Trinajstić information content (AvgIpc) is 2.35. The molecule has 0 spiro atoms. The highest BCUT2D eigenvalue weighted by molar-refractivity contribution is 5.25. The summed E-state index contributed by atoms with van der Waals surface area (Å²) < 4.78 is 0. The van der Waals surface area contributed by atoms with Gasteiger partial charge in [-0.25, -0.2) is 0 Å². The number of hydrogen-bond acceptors (Lipinski definition) is 1. The molecule has 1 N–H and O–H groups in total. The van der Waals surface area contributed by atoms with Crippen LogP contribution in [0.15, 0.2) is 0 Å². The molecular formula is C16H26O. The molecule has 1 nitrogen and oxygen atoms in total. The number of aliphatic hydroxyl groups is 1. The minimum Gasteiger partial charge on any atom is -0.396 e. The first-order valence-electron chi connectivity index (χ1n) is 6.98. The predicted molar refractivity (Wildman–Crippen MR) is 74.5 cm³/mol. The van der Waals surface area contributed by atoms with Crippen molar-refractivity contribution in [2.75, 3.05) is 6.61 Å². The molecule has 96 valence electrons. The molecule has 0 bridgehead atoms. The molecular weight excluding hydrogens is 208 g/mol. The zero-order valence-corrected chi connectivity index (χ0v) is 11.2. The van der Waals surface area contributed by atoms with Crippen LogP contribution in [0.5, 0.6) is 0 Å². The Balaban J connectivity index is 3.10. The van der Waals surface area contributed by atoms with Crippen molar-refractivity contribution in [3.05, 3.63) is 0 Å². The zero-order chi connectivity index (χ0) is 12.6. The van der Waals surface area contributed by atoms with Crippen molar-refractivity contribution < 1.29 is 5.11 Å². The van der Waals surface area contributed by atoms with E-state index in [1.54, 1.807) is 0 Å². The quantitative estimate of drug-likeness (QED) is 0.474. The van der Waals surface area contributed by atoms with Crippen LogP contribution in [-0.2, 0) is 0 Å². The van der Waals surface area contributed by atoms with Crippen LogP contribution >= 0.6 is 0 Å². The number of hydrogen-bond donors (Lipinski definition) is 1. The molecule has 0 amide bonds. The number of rotatable bonds is 9. The van der Waals surface area contributed by atoms with Crippen molar-refractivity contribution in [2.45, 2.75) is 71.1 Å². The van der Waals surface area contributed by atoms with E-state index in [0.717, 1.165) is 19.3 Å². The van der Waals surface area contributed by atoms with Crippen LogP contribution < -0.4 is 0 Å². The molecule has 0 aromatic rings. The van der Waals surface area contributed by atoms with E-state index in [1.807, 2.05) is 6.92 Å². The van der Waals surface area contributed by atoms with Crippen molar-refractivity contribution in [1.82, 2.24) is 0 Å². The maximum absolute atomic E-state index is 8.62. The van der Waals surface area contributed by atoms with Gasteiger partial charge in [0.15, 0.2) is 0 Å². The molecule has 0 aliphatic heterocycles. The lowest BCUT2D eigenvalue weighted by molar-refractivity contribution is 0.282. The maximum Gasteiger partial charge on any atom is 0.0431 e. The van der Waals surface area contributed by atoms with Gasteiger partial charge in [0.2, 0.25) is 0 Å². The van der Waals surface area contributed by atoms with E-state index in [-0.39, 0.29) is 0 Å². The van der Waals surface area contributed by atoms with Crippen LogP contribution in [0.1, 0.15) is 71.1 Å². The van der Waals surface area contributed by atoms with Crippen LogP contribution in [-0.4, -0.2) is 11.7 Å². The van der Waals surface area contributed by atoms with Gasteiger partial charge in [-0.15, -0.1) is 0 Å². The SMILES string of the molecule is CCC#CC#CCCCCCCCCCCO. The summed E-state index contributed by atoms with van der Waals surface area (Å²) in [5.41, 5.74) is 0. The Morgan fingerprint density at radius 1 is 0.706 bits per heavy atom. The first kappa shape index (κ1) is 16.1. The first-order valence-corrected chi connectivity index (χ1v) is 6.98. The van der Waals surface area contributed by atoms with Crippen LogP contribution in [0.4, 0.5) is 0 Å². The molecule has 0 aliphatic rings. The fourth-order valence-corrected chi connectivity index (χ4v) is 1.63. The minimum atomic E-state index is 0.347. The number of aliphatic hydroxyl groups excluding tert-OH is 1. The highest BCUT2D eigenvalue weighted by Crippen LogP contribution is 2.09. The van der Waals surface area contributed by atoms with Crippen molar-refractivity contribution >= 4 is 0 Å². The Morgan fingerprint density at radius 3 is 1.82 bits per heavy atom. The van der Waals surface area contributed by atoms with E-state index in [4.69, 9.17) is 5.11 Å². The third-order valence-corrected chi connectivity index (χ3v) is 2.63. The van der Waals surface area contributed by atoms with Crippen LogP contribution in [0, 0.1) is 23.7 Å². The second kappa shape index (κ2) is 15.1. The Hall–Kier alpha value is -0.920. The molecule has 0 aromatic carbocycles. The van der Waals surface area contributed by atoms with Crippen molar-refractivity contribution in [3.8, 4) is 23.7 Å². The Labute approximate surface area is 107 Å². The molecule has 0 fully saturated rings. The highest BCUT2D eigenvalue weighted by Gasteiger charge is 1.91. The molecule has 0 unspecified atom stereocenters. The fraction of sp³-hybridized carbons (Fsp3) is 0.750. The van der Waals surface area contributed by atoms with Gasteiger partial charge >= 0.3 is 0 Å². The van der Waals surface area contributed by atoms with E-state index < -0.39 is 0 Å². The van der Waals surface area contributed by atoms with E-state index in [1.165, 1.54) is 44.9 Å². The third-order valence-electron chi connectivity index (χ3n) is 2.63. The summed E-state index contributed by atoms with van der Waals surface area (Å²) in [5.74, 6) is 11.7. The van der Waals surface area contributed by atoms with Gasteiger partial charge in [0, 0.05) is 19.4 Å². The zero-order valence-electron chi connectivity index (χ0n) is 11.2. The molecule has 0 saturated carbocycles. The van der Waals surface area contributed by atoms with Crippen LogP contribution in [0.25, 0.3) is 0 Å². The Bertz CT molecular complexity index is 259. The molecule has 17 heavy (non-hydrogen) atoms. The second-order valence-corrected chi connectivity index (χ2v) is 4.26. The number of unbranched alkanes of at least 4 members (excludes halogenated alkanes) is 8. The molecule has 0 aromatic heterocycles. The van der Waals surface area contributed by atoms with Gasteiger partial charge < -0.3 is 5.11 Å². The van der Waals surface area contributed by atoms with Gasteiger partial charge in [0.25, 0.3) is 0 Å². The molecule has 0 aliphatic carbocycles. The lowest BCUT2D eigenvalue weighted by Gasteiger charge is -1.99. The smallest absolute Gasteiger partial charge is 0.0431 e. The van der Waals surface area contributed by atoms with E-state index in [0.29, 0.717) is 6.61 Å². The van der Waals surface area contributed by atoms with Crippen molar-refractivity contribution in [3.63, 3.8) is 0 Å². The normalized spacial score (nSPS) is 9.06. The topological polar surface area (TPSA) is 20.2 Å². The Morgan fingerprint density at radius 2 is 1.24 bits per heavy atom. The molecule has 0 atom stereocenters. The summed E-state index contributed by atoms with van der Waals surface area (Å²) in [5, 5.41) is 8.62. The van der Waals surface area contributed by atoms with Gasteiger partial charge in [-0.3, -0.25) is 0 Å². The monoisotopic (exact) mass is 234 g/mol. The fourth-order valence-electron chi connectivity index (χ4n) is 1.63. The van der Waals surface area contributed by atoms with Gasteiger partial charge in [-0.2, -0.15) is 0 Å². The van der Waals surface area contributed by atoms with Gasteiger partial charge in [-0.1, -0.05) is 57.3 Å². The first-order chi connectivity index (χ1) is 8.41. The van der Waals surface area contributed by atoms with E-state index in [2.05, 4.69) is 23.7 Å². The lowest BCUT2D eigenvalue weighted by Crippen LogP contribution is -1.84. The summed E-state index contributed by atoms with van der Waals surface area (Å²) in [6.07, 6.45) is 11.8. The third kappa shape index (κ3) is 15.1. The predicted octanol–water partition coefficient (Wildman–Crippen LogP) is 3.91. The van der Waals surface area contributed by atoms with Gasteiger partial charge in [-0.05, 0) is 24.7 Å². The van der Waals surface area contributed by atoms with E-state index >= 15 is 0 Å². The standard InChI is InChI=1S/C16H26O/c1-2-3-4-5-6-7-8-9-10-11-12-13-14-15-16-17/h17H,2,7-16H2,1H3. The van der Waals surface area contributed by atoms with Gasteiger partial charge in [0.1, 0.15) is 0 Å². The minimum absolute atomic E-state index is 0.347. The summed E-state index contributed by atoms with van der Waals surface area (Å²) in [7, 11) is 0. The van der Waals surface area contributed by atoms with E-state index in [9.17, 15) is 0 Å². The van der Waals surface area contributed by atoms with Gasteiger partial charge in [0.05, 0.1) is 0 Å². The summed E-state index contributed by atoms with van der Waals surface area (Å²) in [6.45, 7) is 2.38. The van der Waals surface area contributed by atoms with Crippen LogP contribution in [0.3, 0.4) is 0 Å². The Kier molecular flexibility index (Phi) is 14.3. The molecule has 0 radical (unpaired) electrons. The van der Waals surface area contributed by atoms with Crippen LogP contribution in [0.2, 0.25) is 0 Å². The lowest BCUT2D eigenvalue weighted by atomic mass is 10.1. The van der Waals surface area contributed by atoms with Crippen molar-refractivity contribution in [1.29, 1.82) is 0 Å². The highest BCUT2D eigenvalue weighted by atomic mass is 16.2. The molecule has 0 heterocycles. The maximum atomic E-state index is 8.62. The molecule has 0 rings (SSSR count). The summed E-state index contributed by atoms with van der Waals surface area (Å²) in [4.78, 5) is 0. The molecule has 0 saturated heterocycles. The average molecular weight is 234 g/mol. The molecule has 1 heteroatoms. The summed E-state index contributed by atoms with van der Waals surface area (Å²) in [6, 6.07) is 0. The van der Waals surface area contributed by atoms with Crippen molar-refractivity contribution in [2.24, 2.45) is 0 Å². The largest absolute Gasteiger partial charge is 0.396 e. The summed E-state index contributed by atoms with van der Waals surface area (Å²) >= 11 is 0.